The van der Waals surface area contributed by atoms with Gasteiger partial charge in [-0.2, -0.15) is 0 Å². The molecule has 0 aromatic carbocycles. The molecule has 1 aliphatic rings. The lowest BCUT2D eigenvalue weighted by molar-refractivity contribution is -0.141. The maximum absolute atomic E-state index is 11.9. The average Bonchev–Trinajstić information content (AvgIpc) is 2.91. The minimum atomic E-state index is -0.804. The first kappa shape index (κ1) is 20.2. The van der Waals surface area contributed by atoms with E-state index in [0.717, 1.165) is 0 Å². The fraction of sp³-hybridized carbons (Fsp3) is 0.722. The van der Waals surface area contributed by atoms with E-state index in [0.29, 0.717) is 37.4 Å². The fourth-order valence-corrected chi connectivity index (χ4v) is 2.78. The van der Waals surface area contributed by atoms with Gasteiger partial charge >= 0.3 is 12.1 Å². The first-order valence-electron chi connectivity index (χ1n) is 8.77. The van der Waals surface area contributed by atoms with Crippen molar-refractivity contribution < 1.29 is 28.7 Å². The summed E-state index contributed by atoms with van der Waals surface area (Å²) in [4.78, 5) is 24.8. The summed E-state index contributed by atoms with van der Waals surface area (Å²) in [5.41, 5.74) is -0.0954. The molecule has 2 atom stereocenters. The number of carbonyl (C=O) groups excluding carboxylic acids is 2. The first-order valence-corrected chi connectivity index (χ1v) is 8.77. The van der Waals surface area contributed by atoms with Crippen LogP contribution in [0.4, 0.5) is 4.79 Å². The monoisotopic (exact) mass is 368 g/mol. The van der Waals surface area contributed by atoms with Crippen LogP contribution in [0.1, 0.15) is 51.7 Å². The topological polar surface area (TPSA) is 102 Å². The van der Waals surface area contributed by atoms with Crippen LogP contribution in [-0.4, -0.2) is 53.0 Å². The Bertz CT molecular complexity index is 630. The normalized spacial score (nSPS) is 17.4. The smallest absolute Gasteiger partial charge is 0.410 e. The summed E-state index contributed by atoms with van der Waals surface area (Å²) >= 11 is 0. The zero-order valence-corrected chi connectivity index (χ0v) is 16.0. The van der Waals surface area contributed by atoms with Gasteiger partial charge in [0, 0.05) is 37.9 Å². The number of aliphatic hydroxyl groups is 1. The molecule has 1 unspecified atom stereocenters. The van der Waals surface area contributed by atoms with E-state index < -0.39 is 11.7 Å². The Morgan fingerprint density at radius 1 is 1.42 bits per heavy atom. The van der Waals surface area contributed by atoms with Crippen molar-refractivity contribution in [2.45, 2.75) is 52.2 Å². The van der Waals surface area contributed by atoms with Crippen molar-refractivity contribution >= 4 is 12.1 Å². The number of esters is 1. The SMILES string of the molecule is COC(=O)C[C@@H](C)Cc1cc(C(O)C2CN(C(=O)OC(C)(C)C)C2)no1. The largest absolute Gasteiger partial charge is 0.469 e. The number of nitrogens with zero attached hydrogens (tertiary/aromatic N) is 2. The summed E-state index contributed by atoms with van der Waals surface area (Å²) in [6.07, 6.45) is -0.355. The van der Waals surface area contributed by atoms with Crippen LogP contribution in [-0.2, 0) is 20.7 Å². The van der Waals surface area contributed by atoms with Crippen LogP contribution in [0.5, 0.6) is 0 Å². The molecule has 1 aromatic rings. The number of ether oxygens (including phenoxy) is 2. The van der Waals surface area contributed by atoms with Gasteiger partial charge in [0.25, 0.3) is 0 Å². The predicted octanol–water partition coefficient (Wildman–Crippen LogP) is 2.32. The van der Waals surface area contributed by atoms with Gasteiger partial charge in [0.05, 0.1) is 7.11 Å². The van der Waals surface area contributed by atoms with Crippen molar-refractivity contribution in [2.24, 2.45) is 11.8 Å². The molecule has 0 bridgehead atoms. The lowest BCUT2D eigenvalue weighted by Gasteiger charge is -2.41. The highest BCUT2D eigenvalue weighted by molar-refractivity contribution is 5.69. The number of rotatable bonds is 6. The fourth-order valence-electron chi connectivity index (χ4n) is 2.78. The maximum atomic E-state index is 11.9. The molecule has 1 aromatic heterocycles. The molecule has 2 heterocycles. The van der Waals surface area contributed by atoms with Gasteiger partial charge < -0.3 is 24.0 Å². The molecular formula is C18H28N2O6. The van der Waals surface area contributed by atoms with E-state index in [1.807, 2.05) is 27.7 Å². The zero-order chi connectivity index (χ0) is 19.5. The molecule has 146 valence electrons. The van der Waals surface area contributed by atoms with Crippen LogP contribution >= 0.6 is 0 Å². The number of amides is 1. The summed E-state index contributed by atoms with van der Waals surface area (Å²) < 4.78 is 15.2. The quantitative estimate of drug-likeness (QED) is 0.769. The van der Waals surface area contributed by atoms with Crippen molar-refractivity contribution in [1.29, 1.82) is 0 Å². The minimum Gasteiger partial charge on any atom is -0.469 e. The molecule has 8 heteroatoms. The van der Waals surface area contributed by atoms with E-state index in [1.165, 1.54) is 7.11 Å². The molecule has 1 aliphatic heterocycles. The third kappa shape index (κ3) is 5.45. The predicted molar refractivity (Wildman–Crippen MR) is 92.3 cm³/mol. The average molecular weight is 368 g/mol. The summed E-state index contributed by atoms with van der Waals surface area (Å²) in [6.45, 7) is 8.19. The summed E-state index contributed by atoms with van der Waals surface area (Å²) in [7, 11) is 1.36. The van der Waals surface area contributed by atoms with Gasteiger partial charge in [0.1, 0.15) is 23.2 Å². The zero-order valence-electron chi connectivity index (χ0n) is 16.0. The van der Waals surface area contributed by atoms with E-state index >= 15 is 0 Å². The van der Waals surface area contributed by atoms with E-state index in [-0.39, 0.29) is 23.9 Å². The van der Waals surface area contributed by atoms with Crippen molar-refractivity contribution in [3.63, 3.8) is 0 Å². The highest BCUT2D eigenvalue weighted by Gasteiger charge is 2.39. The van der Waals surface area contributed by atoms with Crippen molar-refractivity contribution in [3.8, 4) is 0 Å². The number of methoxy groups -OCH3 is 1. The van der Waals surface area contributed by atoms with E-state index in [4.69, 9.17) is 9.26 Å². The highest BCUT2D eigenvalue weighted by atomic mass is 16.6. The summed E-state index contributed by atoms with van der Waals surface area (Å²) in [5.74, 6) is 0.285. The Hall–Kier alpha value is -2.09. The number of carbonyl (C=O) groups is 2. The molecule has 1 N–H and O–H groups in total. The van der Waals surface area contributed by atoms with Crippen LogP contribution in [0, 0.1) is 11.8 Å². The van der Waals surface area contributed by atoms with Gasteiger partial charge in [-0.15, -0.1) is 0 Å². The number of aromatic nitrogens is 1. The van der Waals surface area contributed by atoms with Crippen molar-refractivity contribution in [2.75, 3.05) is 20.2 Å². The molecule has 26 heavy (non-hydrogen) atoms. The van der Waals surface area contributed by atoms with Gasteiger partial charge in [0.15, 0.2) is 0 Å². The van der Waals surface area contributed by atoms with E-state index in [9.17, 15) is 14.7 Å². The Labute approximate surface area is 153 Å². The Morgan fingerprint density at radius 2 is 2.08 bits per heavy atom. The van der Waals surface area contributed by atoms with Crippen LogP contribution in [0.15, 0.2) is 10.6 Å². The van der Waals surface area contributed by atoms with Gasteiger partial charge in [-0.05, 0) is 26.7 Å². The first-order chi connectivity index (χ1) is 12.1. The molecule has 0 saturated carbocycles. The molecule has 1 saturated heterocycles. The Morgan fingerprint density at radius 3 is 2.65 bits per heavy atom. The van der Waals surface area contributed by atoms with Crippen LogP contribution in [0.25, 0.3) is 0 Å². The third-order valence-corrected chi connectivity index (χ3v) is 4.18. The number of likely N-dealkylation sites (tertiary alicyclic amines) is 1. The second kappa shape index (κ2) is 8.07. The summed E-state index contributed by atoms with van der Waals surface area (Å²) in [6, 6.07) is 1.70. The lowest BCUT2D eigenvalue weighted by atomic mass is 9.92. The summed E-state index contributed by atoms with van der Waals surface area (Å²) in [5, 5.41) is 14.4. The maximum Gasteiger partial charge on any atom is 0.410 e. The standard InChI is InChI=1S/C18H28N2O6/c1-11(7-15(21)24-5)6-13-8-14(19-26-13)16(22)12-9-20(10-12)17(23)25-18(2,3)4/h8,11-12,16,22H,6-7,9-10H2,1-5H3/t11-,16?/m0/s1. The molecule has 1 fully saturated rings. The molecule has 0 aliphatic carbocycles. The Kier molecular flexibility index (Phi) is 6.28. The molecule has 2 rings (SSSR count). The number of hydrogen-bond acceptors (Lipinski definition) is 7. The van der Waals surface area contributed by atoms with Crippen LogP contribution in [0.2, 0.25) is 0 Å². The second-order valence-corrected chi connectivity index (χ2v) is 7.90. The number of aliphatic hydroxyl groups excluding tert-OH is 1. The van der Waals surface area contributed by atoms with Gasteiger partial charge in [-0.1, -0.05) is 12.1 Å². The van der Waals surface area contributed by atoms with Crippen LogP contribution < -0.4 is 0 Å². The molecule has 1 amide bonds. The number of hydrogen-bond donors (Lipinski definition) is 1. The van der Waals surface area contributed by atoms with Crippen molar-refractivity contribution in [1.82, 2.24) is 10.1 Å². The van der Waals surface area contributed by atoms with Gasteiger partial charge in [-0.3, -0.25) is 4.79 Å². The van der Waals surface area contributed by atoms with E-state index in [1.54, 1.807) is 11.0 Å². The van der Waals surface area contributed by atoms with Crippen LogP contribution in [0.3, 0.4) is 0 Å². The molecule has 8 nitrogen and oxygen atoms in total. The lowest BCUT2D eigenvalue weighted by Crippen LogP contribution is -2.53. The molecule has 0 radical (unpaired) electrons. The van der Waals surface area contributed by atoms with Gasteiger partial charge in [0.2, 0.25) is 0 Å². The molecular weight excluding hydrogens is 340 g/mol. The van der Waals surface area contributed by atoms with Gasteiger partial charge in [-0.25, -0.2) is 4.79 Å². The Balaban J connectivity index is 1.83. The third-order valence-electron chi connectivity index (χ3n) is 4.18. The highest BCUT2D eigenvalue weighted by Crippen LogP contribution is 2.31. The second-order valence-electron chi connectivity index (χ2n) is 7.90. The molecule has 0 spiro atoms. The van der Waals surface area contributed by atoms with Crippen molar-refractivity contribution in [3.05, 3.63) is 17.5 Å². The van der Waals surface area contributed by atoms with E-state index in [2.05, 4.69) is 9.89 Å². The minimum absolute atomic E-state index is 0.0479.